The van der Waals surface area contributed by atoms with Gasteiger partial charge < -0.3 is 10.6 Å². The van der Waals surface area contributed by atoms with Gasteiger partial charge in [-0.1, -0.05) is 6.92 Å². The van der Waals surface area contributed by atoms with E-state index in [1.54, 1.807) is 11.3 Å². The molecule has 1 aromatic heterocycles. The Morgan fingerprint density at radius 2 is 2.00 bits per heavy atom. The summed E-state index contributed by atoms with van der Waals surface area (Å²) in [5, 5.41) is 4.37. The Labute approximate surface area is 116 Å². The lowest BCUT2D eigenvalue weighted by Crippen LogP contribution is -2.42. The molecule has 2 atom stereocenters. The number of thiophene rings is 1. The molecule has 0 aliphatic heterocycles. The number of rotatable bonds is 8. The maximum atomic E-state index is 6.21. The predicted octanol–water partition coefficient (Wildman–Crippen LogP) is 2.41. The zero-order valence-corrected chi connectivity index (χ0v) is 12.9. The van der Waals surface area contributed by atoms with Crippen molar-refractivity contribution in [2.24, 2.45) is 5.73 Å². The maximum absolute atomic E-state index is 6.21. The van der Waals surface area contributed by atoms with Crippen LogP contribution in [0, 0.1) is 0 Å². The van der Waals surface area contributed by atoms with Crippen molar-refractivity contribution in [2.75, 3.05) is 33.7 Å². The van der Waals surface area contributed by atoms with Crippen molar-refractivity contribution in [3.05, 3.63) is 22.4 Å². The first-order chi connectivity index (χ1) is 8.56. The minimum Gasteiger partial charge on any atom is -0.326 e. The second kappa shape index (κ2) is 7.89. The number of nitrogens with two attached hydrogens (primary N) is 1. The van der Waals surface area contributed by atoms with E-state index in [1.807, 2.05) is 0 Å². The zero-order valence-electron chi connectivity index (χ0n) is 12.1. The van der Waals surface area contributed by atoms with Crippen LogP contribution in [-0.2, 0) is 0 Å². The second-order valence-electron chi connectivity index (χ2n) is 5.20. The molecule has 2 unspecified atom stereocenters. The van der Waals surface area contributed by atoms with Crippen LogP contribution in [0.5, 0.6) is 0 Å². The molecular weight excluding hydrogens is 242 g/mol. The molecule has 0 amide bonds. The molecule has 0 aliphatic carbocycles. The van der Waals surface area contributed by atoms with Gasteiger partial charge in [-0.15, -0.1) is 0 Å². The van der Waals surface area contributed by atoms with E-state index in [-0.39, 0.29) is 6.04 Å². The highest BCUT2D eigenvalue weighted by atomic mass is 32.1. The third kappa shape index (κ3) is 4.69. The molecule has 0 fully saturated rings. The van der Waals surface area contributed by atoms with Gasteiger partial charge in [0.05, 0.1) is 6.04 Å². The van der Waals surface area contributed by atoms with E-state index in [0.29, 0.717) is 6.04 Å². The number of nitrogens with zero attached hydrogens (tertiary/aromatic N) is 2. The van der Waals surface area contributed by atoms with E-state index in [2.05, 4.69) is 54.6 Å². The highest BCUT2D eigenvalue weighted by molar-refractivity contribution is 7.07. The lowest BCUT2D eigenvalue weighted by atomic mass is 10.0. The van der Waals surface area contributed by atoms with Crippen molar-refractivity contribution in [3.63, 3.8) is 0 Å². The molecule has 0 aliphatic rings. The fourth-order valence-corrected chi connectivity index (χ4v) is 2.99. The summed E-state index contributed by atoms with van der Waals surface area (Å²) in [7, 11) is 4.24. The summed E-state index contributed by atoms with van der Waals surface area (Å²) < 4.78 is 0. The van der Waals surface area contributed by atoms with Crippen LogP contribution in [0.1, 0.15) is 31.9 Å². The Hall–Kier alpha value is -0.420. The van der Waals surface area contributed by atoms with Gasteiger partial charge in [0.25, 0.3) is 0 Å². The van der Waals surface area contributed by atoms with Crippen molar-refractivity contribution in [3.8, 4) is 0 Å². The van der Waals surface area contributed by atoms with E-state index in [4.69, 9.17) is 5.73 Å². The van der Waals surface area contributed by atoms with Gasteiger partial charge in [0.15, 0.2) is 0 Å². The molecule has 1 aromatic rings. The lowest BCUT2D eigenvalue weighted by Gasteiger charge is -2.34. The summed E-state index contributed by atoms with van der Waals surface area (Å²) in [6, 6.07) is 2.71. The molecular formula is C14H27N3S. The van der Waals surface area contributed by atoms with Gasteiger partial charge in [0.1, 0.15) is 0 Å². The molecule has 1 rings (SSSR count). The van der Waals surface area contributed by atoms with Gasteiger partial charge in [-0.05, 0) is 56.4 Å². The average molecular weight is 269 g/mol. The van der Waals surface area contributed by atoms with Crippen LogP contribution < -0.4 is 5.73 Å². The summed E-state index contributed by atoms with van der Waals surface area (Å²) in [5.41, 5.74) is 7.58. The molecule has 0 aromatic carbocycles. The Morgan fingerprint density at radius 1 is 1.28 bits per heavy atom. The minimum atomic E-state index is 0.160. The van der Waals surface area contributed by atoms with Crippen molar-refractivity contribution < 1.29 is 0 Å². The van der Waals surface area contributed by atoms with E-state index in [1.165, 1.54) is 12.0 Å². The molecule has 0 spiro atoms. The highest BCUT2D eigenvalue weighted by Crippen LogP contribution is 2.25. The Balaban J connectivity index is 2.77. The van der Waals surface area contributed by atoms with E-state index in [9.17, 15) is 0 Å². The molecule has 0 saturated heterocycles. The van der Waals surface area contributed by atoms with Crippen molar-refractivity contribution in [1.29, 1.82) is 0 Å². The second-order valence-corrected chi connectivity index (χ2v) is 5.98. The van der Waals surface area contributed by atoms with Gasteiger partial charge in [0, 0.05) is 19.1 Å². The standard InChI is InChI=1S/C14H27N3S/c1-5-7-17(9-8-16(3)4)14(12(2)15)13-6-10-18-11-13/h6,10-12,14H,5,7-9,15H2,1-4H3. The Kier molecular flexibility index (Phi) is 6.86. The summed E-state index contributed by atoms with van der Waals surface area (Å²) in [6.07, 6.45) is 1.17. The first-order valence-electron chi connectivity index (χ1n) is 6.72. The molecule has 0 saturated carbocycles. The van der Waals surface area contributed by atoms with Gasteiger partial charge >= 0.3 is 0 Å². The quantitative estimate of drug-likeness (QED) is 0.786. The third-order valence-corrected chi connectivity index (χ3v) is 3.82. The van der Waals surface area contributed by atoms with Gasteiger partial charge in [-0.3, -0.25) is 4.90 Å². The van der Waals surface area contributed by atoms with Crippen LogP contribution in [0.3, 0.4) is 0 Å². The summed E-state index contributed by atoms with van der Waals surface area (Å²) >= 11 is 1.75. The first-order valence-corrected chi connectivity index (χ1v) is 7.67. The molecule has 1 heterocycles. The van der Waals surface area contributed by atoms with Gasteiger partial charge in [-0.25, -0.2) is 0 Å². The summed E-state index contributed by atoms with van der Waals surface area (Å²) in [6.45, 7) is 7.60. The zero-order chi connectivity index (χ0) is 13.5. The fraction of sp³-hybridized carbons (Fsp3) is 0.714. The SMILES string of the molecule is CCCN(CCN(C)C)C(c1ccsc1)C(C)N. The maximum Gasteiger partial charge on any atom is 0.0505 e. The van der Waals surface area contributed by atoms with E-state index in [0.717, 1.165) is 19.6 Å². The number of hydrogen-bond acceptors (Lipinski definition) is 4. The largest absolute Gasteiger partial charge is 0.326 e. The number of hydrogen-bond donors (Lipinski definition) is 1. The molecule has 3 nitrogen and oxygen atoms in total. The molecule has 2 N–H and O–H groups in total. The summed E-state index contributed by atoms with van der Waals surface area (Å²) in [4.78, 5) is 4.75. The molecule has 4 heteroatoms. The van der Waals surface area contributed by atoms with E-state index < -0.39 is 0 Å². The van der Waals surface area contributed by atoms with E-state index >= 15 is 0 Å². The van der Waals surface area contributed by atoms with Crippen LogP contribution in [0.4, 0.5) is 0 Å². The Bertz CT molecular complexity index is 309. The normalized spacial score (nSPS) is 15.3. The molecule has 18 heavy (non-hydrogen) atoms. The molecule has 0 radical (unpaired) electrons. The van der Waals surface area contributed by atoms with Crippen molar-refractivity contribution >= 4 is 11.3 Å². The van der Waals surface area contributed by atoms with Crippen LogP contribution >= 0.6 is 11.3 Å². The third-order valence-electron chi connectivity index (χ3n) is 3.12. The van der Waals surface area contributed by atoms with Crippen LogP contribution in [0.15, 0.2) is 16.8 Å². The topological polar surface area (TPSA) is 32.5 Å². The highest BCUT2D eigenvalue weighted by Gasteiger charge is 2.23. The van der Waals surface area contributed by atoms with Crippen LogP contribution in [-0.4, -0.2) is 49.6 Å². The number of likely N-dealkylation sites (N-methyl/N-ethyl adjacent to an activating group) is 1. The molecule has 104 valence electrons. The van der Waals surface area contributed by atoms with Gasteiger partial charge in [-0.2, -0.15) is 11.3 Å². The lowest BCUT2D eigenvalue weighted by molar-refractivity contribution is 0.161. The van der Waals surface area contributed by atoms with Crippen LogP contribution in [0.25, 0.3) is 0 Å². The van der Waals surface area contributed by atoms with Crippen molar-refractivity contribution in [1.82, 2.24) is 9.80 Å². The van der Waals surface area contributed by atoms with Crippen molar-refractivity contribution in [2.45, 2.75) is 32.4 Å². The molecule has 0 bridgehead atoms. The monoisotopic (exact) mass is 269 g/mol. The van der Waals surface area contributed by atoms with Gasteiger partial charge in [0.2, 0.25) is 0 Å². The fourth-order valence-electron chi connectivity index (χ4n) is 2.30. The predicted molar refractivity (Wildman–Crippen MR) is 81.1 cm³/mol. The smallest absolute Gasteiger partial charge is 0.0505 e. The first kappa shape index (κ1) is 15.6. The van der Waals surface area contributed by atoms with Crippen LogP contribution in [0.2, 0.25) is 0 Å². The Morgan fingerprint density at radius 3 is 2.44 bits per heavy atom. The minimum absolute atomic E-state index is 0.160. The summed E-state index contributed by atoms with van der Waals surface area (Å²) in [5.74, 6) is 0. The average Bonchev–Trinajstić information content (AvgIpc) is 2.79.